The average Bonchev–Trinajstić information content (AvgIpc) is 2.71. The standard InChI is InChI=1S/C20H16N4O3/c25-17-6-5-15(18(26)19(17)27)22-20-14-4-2-1-3-13(14)16(23-24-20)11-12-7-9-21-10-8-12/h1-10,25-27H,11H2,(H,22,24). The normalized spacial score (nSPS) is 10.8. The van der Waals surface area contributed by atoms with Gasteiger partial charge in [0.15, 0.2) is 17.3 Å². The summed E-state index contributed by atoms with van der Waals surface area (Å²) in [7, 11) is 0. The summed E-state index contributed by atoms with van der Waals surface area (Å²) in [5.74, 6) is -1.01. The van der Waals surface area contributed by atoms with E-state index in [9.17, 15) is 15.3 Å². The average molecular weight is 360 g/mol. The molecular formula is C20H16N4O3. The van der Waals surface area contributed by atoms with Crippen molar-refractivity contribution in [3.05, 3.63) is 72.2 Å². The topological polar surface area (TPSA) is 111 Å². The van der Waals surface area contributed by atoms with Gasteiger partial charge in [-0.15, -0.1) is 5.10 Å². The number of phenolic OH excluding ortho intramolecular Hbond substituents is 3. The molecule has 0 fully saturated rings. The molecule has 2 heterocycles. The first kappa shape index (κ1) is 16.6. The number of nitrogens with one attached hydrogen (secondary N) is 1. The molecule has 0 unspecified atom stereocenters. The zero-order valence-electron chi connectivity index (χ0n) is 14.2. The second kappa shape index (κ2) is 6.80. The summed E-state index contributed by atoms with van der Waals surface area (Å²) in [6.45, 7) is 0. The van der Waals surface area contributed by atoms with Gasteiger partial charge >= 0.3 is 0 Å². The second-order valence-corrected chi connectivity index (χ2v) is 6.03. The van der Waals surface area contributed by atoms with Crippen molar-refractivity contribution in [1.82, 2.24) is 15.2 Å². The number of aromatic nitrogens is 3. The predicted molar refractivity (Wildman–Crippen MR) is 101 cm³/mol. The number of hydrogen-bond acceptors (Lipinski definition) is 7. The number of rotatable bonds is 4. The summed E-state index contributed by atoms with van der Waals surface area (Å²) in [6, 6.07) is 14.3. The van der Waals surface area contributed by atoms with E-state index < -0.39 is 17.2 Å². The van der Waals surface area contributed by atoms with Crippen molar-refractivity contribution in [2.75, 3.05) is 5.32 Å². The van der Waals surface area contributed by atoms with Gasteiger partial charge in [-0.3, -0.25) is 4.98 Å². The van der Waals surface area contributed by atoms with E-state index in [4.69, 9.17) is 0 Å². The third-order valence-corrected chi connectivity index (χ3v) is 4.27. The van der Waals surface area contributed by atoms with E-state index in [0.717, 1.165) is 22.0 Å². The molecule has 0 spiro atoms. The molecule has 0 saturated carbocycles. The van der Waals surface area contributed by atoms with E-state index in [1.54, 1.807) is 12.4 Å². The fourth-order valence-corrected chi connectivity index (χ4v) is 2.87. The van der Waals surface area contributed by atoms with Gasteiger partial charge in [-0.05, 0) is 29.8 Å². The molecule has 0 aliphatic heterocycles. The van der Waals surface area contributed by atoms with Crippen LogP contribution in [0.25, 0.3) is 10.8 Å². The number of aromatic hydroxyl groups is 3. The first-order valence-electron chi connectivity index (χ1n) is 8.27. The van der Waals surface area contributed by atoms with Crippen molar-refractivity contribution in [2.45, 2.75) is 6.42 Å². The molecule has 0 amide bonds. The van der Waals surface area contributed by atoms with E-state index in [0.29, 0.717) is 12.2 Å². The Labute approximate surface area is 154 Å². The molecule has 0 radical (unpaired) electrons. The predicted octanol–water partition coefficient (Wildman–Crippen LogP) is 3.48. The van der Waals surface area contributed by atoms with Crippen LogP contribution in [-0.2, 0) is 6.42 Å². The number of nitrogens with zero attached hydrogens (tertiary/aromatic N) is 3. The highest BCUT2D eigenvalue weighted by atomic mass is 16.3. The smallest absolute Gasteiger partial charge is 0.202 e. The highest BCUT2D eigenvalue weighted by molar-refractivity contribution is 5.95. The molecule has 4 N–H and O–H groups in total. The summed E-state index contributed by atoms with van der Waals surface area (Å²) < 4.78 is 0. The number of hydrogen-bond donors (Lipinski definition) is 4. The Hall–Kier alpha value is -3.87. The largest absolute Gasteiger partial charge is 0.504 e. The molecule has 4 aromatic rings. The molecule has 0 aliphatic rings. The van der Waals surface area contributed by atoms with Crippen molar-refractivity contribution >= 4 is 22.3 Å². The molecule has 4 rings (SSSR count). The fraction of sp³-hybridized carbons (Fsp3) is 0.0500. The first-order chi connectivity index (χ1) is 13.1. The molecule has 0 bridgehead atoms. The van der Waals surface area contributed by atoms with Crippen LogP contribution < -0.4 is 5.32 Å². The molecule has 134 valence electrons. The molecule has 2 aromatic carbocycles. The zero-order valence-corrected chi connectivity index (χ0v) is 14.2. The highest BCUT2D eigenvalue weighted by Gasteiger charge is 2.14. The monoisotopic (exact) mass is 360 g/mol. The van der Waals surface area contributed by atoms with Crippen molar-refractivity contribution in [2.24, 2.45) is 0 Å². The van der Waals surface area contributed by atoms with Gasteiger partial charge in [-0.1, -0.05) is 24.3 Å². The van der Waals surface area contributed by atoms with Crippen LogP contribution in [0.3, 0.4) is 0 Å². The quantitative estimate of drug-likeness (QED) is 0.326. The van der Waals surface area contributed by atoms with Gasteiger partial charge in [0, 0.05) is 29.6 Å². The van der Waals surface area contributed by atoms with Gasteiger partial charge in [0.2, 0.25) is 5.75 Å². The summed E-state index contributed by atoms with van der Waals surface area (Å²) in [6.07, 6.45) is 4.09. The van der Waals surface area contributed by atoms with E-state index in [-0.39, 0.29) is 5.69 Å². The Kier molecular flexibility index (Phi) is 4.18. The molecule has 0 aliphatic carbocycles. The molecule has 27 heavy (non-hydrogen) atoms. The van der Waals surface area contributed by atoms with Gasteiger partial charge in [-0.2, -0.15) is 5.10 Å². The number of pyridine rings is 1. The molecule has 7 nitrogen and oxygen atoms in total. The van der Waals surface area contributed by atoms with Crippen LogP contribution in [0.1, 0.15) is 11.3 Å². The van der Waals surface area contributed by atoms with Gasteiger partial charge in [0.05, 0.1) is 11.4 Å². The lowest BCUT2D eigenvalue weighted by Gasteiger charge is -2.13. The Morgan fingerprint density at radius 2 is 1.52 bits per heavy atom. The molecule has 2 aromatic heterocycles. The Morgan fingerprint density at radius 3 is 2.30 bits per heavy atom. The Balaban J connectivity index is 1.75. The lowest BCUT2D eigenvalue weighted by atomic mass is 10.0. The van der Waals surface area contributed by atoms with Crippen molar-refractivity contribution in [3.63, 3.8) is 0 Å². The van der Waals surface area contributed by atoms with E-state index in [2.05, 4.69) is 20.5 Å². The van der Waals surface area contributed by atoms with Crippen LogP contribution in [0, 0.1) is 0 Å². The number of fused-ring (bicyclic) bond motifs is 1. The SMILES string of the molecule is Oc1ccc(Nc2nnc(Cc3ccncc3)c3ccccc23)c(O)c1O. The van der Waals surface area contributed by atoms with Crippen LogP contribution in [0.4, 0.5) is 11.5 Å². The third kappa shape index (κ3) is 3.18. The molecule has 0 atom stereocenters. The lowest BCUT2D eigenvalue weighted by Crippen LogP contribution is -2.02. The van der Waals surface area contributed by atoms with E-state index in [1.165, 1.54) is 12.1 Å². The summed E-state index contributed by atoms with van der Waals surface area (Å²) in [4.78, 5) is 4.02. The molecule has 0 saturated heterocycles. The number of phenols is 3. The number of anilines is 2. The minimum Gasteiger partial charge on any atom is -0.504 e. The maximum absolute atomic E-state index is 10.0. The van der Waals surface area contributed by atoms with Crippen molar-refractivity contribution in [3.8, 4) is 17.2 Å². The zero-order chi connectivity index (χ0) is 18.8. The Bertz CT molecular complexity index is 1120. The highest BCUT2D eigenvalue weighted by Crippen LogP contribution is 2.41. The van der Waals surface area contributed by atoms with Gasteiger partial charge in [0.1, 0.15) is 0 Å². The fourth-order valence-electron chi connectivity index (χ4n) is 2.87. The summed E-state index contributed by atoms with van der Waals surface area (Å²) in [5, 5.41) is 42.5. The summed E-state index contributed by atoms with van der Waals surface area (Å²) >= 11 is 0. The van der Waals surface area contributed by atoms with Gasteiger partial charge in [0.25, 0.3) is 0 Å². The van der Waals surface area contributed by atoms with Crippen LogP contribution in [0.2, 0.25) is 0 Å². The molecule has 7 heteroatoms. The third-order valence-electron chi connectivity index (χ3n) is 4.27. The van der Waals surface area contributed by atoms with Crippen LogP contribution in [-0.4, -0.2) is 30.5 Å². The van der Waals surface area contributed by atoms with Crippen molar-refractivity contribution in [1.29, 1.82) is 0 Å². The maximum atomic E-state index is 10.0. The minimum atomic E-state index is -0.591. The van der Waals surface area contributed by atoms with Gasteiger partial charge < -0.3 is 20.6 Å². The first-order valence-corrected chi connectivity index (χ1v) is 8.27. The number of benzene rings is 2. The molecular weight excluding hydrogens is 344 g/mol. The lowest BCUT2D eigenvalue weighted by molar-refractivity contribution is 0.369. The summed E-state index contributed by atoms with van der Waals surface area (Å²) in [5.41, 5.74) is 2.11. The van der Waals surface area contributed by atoms with Crippen LogP contribution >= 0.6 is 0 Å². The van der Waals surface area contributed by atoms with E-state index in [1.807, 2.05) is 36.4 Å². The van der Waals surface area contributed by atoms with Crippen LogP contribution in [0.5, 0.6) is 17.2 Å². The van der Waals surface area contributed by atoms with Crippen LogP contribution in [0.15, 0.2) is 60.9 Å². The van der Waals surface area contributed by atoms with E-state index >= 15 is 0 Å². The second-order valence-electron chi connectivity index (χ2n) is 6.03. The minimum absolute atomic E-state index is 0.214. The van der Waals surface area contributed by atoms with Crippen molar-refractivity contribution < 1.29 is 15.3 Å². The maximum Gasteiger partial charge on any atom is 0.202 e. The van der Waals surface area contributed by atoms with Gasteiger partial charge in [-0.25, -0.2) is 0 Å². The Morgan fingerprint density at radius 1 is 0.778 bits per heavy atom.